The second kappa shape index (κ2) is 5.33. The van der Waals surface area contributed by atoms with E-state index in [-0.39, 0.29) is 5.92 Å². The van der Waals surface area contributed by atoms with Crippen molar-refractivity contribution in [1.82, 2.24) is 0 Å². The molecule has 0 bridgehead atoms. The van der Waals surface area contributed by atoms with Crippen molar-refractivity contribution >= 4 is 22.9 Å². The fraction of sp³-hybridized carbons (Fsp3) is 0.267. The summed E-state index contributed by atoms with van der Waals surface area (Å²) in [5, 5.41) is 8.67. The summed E-state index contributed by atoms with van der Waals surface area (Å²) in [5.41, 5.74) is 3.15. The van der Waals surface area contributed by atoms with Crippen LogP contribution >= 0.6 is 11.6 Å². The lowest BCUT2D eigenvalue weighted by molar-refractivity contribution is 0.911. The van der Waals surface area contributed by atoms with Crippen molar-refractivity contribution in [2.45, 2.75) is 19.8 Å². The molecule has 1 aromatic carbocycles. The summed E-state index contributed by atoms with van der Waals surface area (Å²) in [5.74, 6) is 0.214. The van der Waals surface area contributed by atoms with Crippen molar-refractivity contribution in [2.24, 2.45) is 5.92 Å². The number of allylic oxidation sites excluding steroid dienone is 4. The Balaban J connectivity index is 2.34. The predicted molar refractivity (Wildman–Crippen MR) is 74.7 cm³/mol. The molecule has 88 valence electrons. The van der Waals surface area contributed by atoms with Crippen LogP contribution in [0, 0.1) is 11.3 Å². The SMILES string of the molecule is CC1/C=C(/c2ccc(Cl)cc2)C=CCCC1=N. The highest BCUT2D eigenvalue weighted by Gasteiger charge is 2.09. The average Bonchev–Trinajstić information content (AvgIpc) is 2.31. The Hall–Kier alpha value is -1.34. The summed E-state index contributed by atoms with van der Waals surface area (Å²) in [7, 11) is 0. The number of hydrogen-bond acceptors (Lipinski definition) is 1. The zero-order valence-electron chi connectivity index (χ0n) is 9.91. The fourth-order valence-electron chi connectivity index (χ4n) is 1.94. The molecule has 2 rings (SSSR count). The van der Waals surface area contributed by atoms with Crippen LogP contribution in [0.2, 0.25) is 5.02 Å². The van der Waals surface area contributed by atoms with E-state index in [9.17, 15) is 0 Å². The number of rotatable bonds is 1. The van der Waals surface area contributed by atoms with E-state index in [1.807, 2.05) is 24.3 Å². The standard InChI is InChI=1S/C15H16ClN/c1-11-10-13(4-2-3-5-15(11)17)12-6-8-14(16)9-7-12/h2,4,6-11,17H,3,5H2,1H3/b4-2?,13-10+,17-15?. The minimum absolute atomic E-state index is 0.214. The van der Waals surface area contributed by atoms with Crippen molar-refractivity contribution < 1.29 is 0 Å². The summed E-state index contributed by atoms with van der Waals surface area (Å²) >= 11 is 5.89. The van der Waals surface area contributed by atoms with E-state index in [4.69, 9.17) is 17.0 Å². The highest BCUT2D eigenvalue weighted by atomic mass is 35.5. The van der Waals surface area contributed by atoms with Gasteiger partial charge in [0.15, 0.2) is 0 Å². The van der Waals surface area contributed by atoms with Gasteiger partial charge in [0.1, 0.15) is 0 Å². The van der Waals surface area contributed by atoms with Crippen LogP contribution in [0.4, 0.5) is 0 Å². The first kappa shape index (κ1) is 12.1. The van der Waals surface area contributed by atoms with Gasteiger partial charge in [-0.05, 0) is 36.1 Å². The molecule has 1 nitrogen and oxygen atoms in total. The molecule has 1 aliphatic rings. The molecule has 0 aromatic heterocycles. The molecule has 17 heavy (non-hydrogen) atoms. The molecule has 2 heteroatoms. The molecule has 1 aromatic rings. The minimum Gasteiger partial charge on any atom is -0.309 e. The maximum Gasteiger partial charge on any atom is 0.0406 e. The summed E-state index contributed by atoms with van der Waals surface area (Å²) < 4.78 is 0. The Bertz CT molecular complexity index is 468. The van der Waals surface area contributed by atoms with E-state index in [0.29, 0.717) is 0 Å². The summed E-state index contributed by atoms with van der Waals surface area (Å²) in [6, 6.07) is 7.85. The van der Waals surface area contributed by atoms with Gasteiger partial charge in [-0.3, -0.25) is 0 Å². The molecule has 0 aliphatic heterocycles. The van der Waals surface area contributed by atoms with Gasteiger partial charge in [0.05, 0.1) is 0 Å². The Labute approximate surface area is 107 Å². The van der Waals surface area contributed by atoms with Crippen molar-refractivity contribution in [3.63, 3.8) is 0 Å². The lowest BCUT2D eigenvalue weighted by atomic mass is 9.93. The maximum absolute atomic E-state index is 7.92. The number of benzene rings is 1. The quantitative estimate of drug-likeness (QED) is 0.740. The highest BCUT2D eigenvalue weighted by molar-refractivity contribution is 6.30. The third-order valence-corrected chi connectivity index (χ3v) is 3.29. The topological polar surface area (TPSA) is 23.9 Å². The Morgan fingerprint density at radius 1 is 1.24 bits per heavy atom. The van der Waals surface area contributed by atoms with E-state index >= 15 is 0 Å². The maximum atomic E-state index is 7.92. The molecule has 0 fully saturated rings. The number of nitrogens with one attached hydrogen (secondary N) is 1. The zero-order valence-corrected chi connectivity index (χ0v) is 10.7. The van der Waals surface area contributed by atoms with Crippen molar-refractivity contribution in [2.75, 3.05) is 0 Å². The molecule has 1 N–H and O–H groups in total. The molecule has 0 radical (unpaired) electrons. The Kier molecular flexibility index (Phi) is 3.80. The molecule has 0 amide bonds. The molecule has 1 unspecified atom stereocenters. The molecule has 1 atom stereocenters. The number of halogens is 1. The van der Waals surface area contributed by atoms with Gasteiger partial charge in [-0.2, -0.15) is 0 Å². The van der Waals surface area contributed by atoms with Crippen LogP contribution in [0.3, 0.4) is 0 Å². The van der Waals surface area contributed by atoms with Crippen molar-refractivity contribution in [3.8, 4) is 0 Å². The van der Waals surface area contributed by atoms with Crippen LogP contribution < -0.4 is 0 Å². The van der Waals surface area contributed by atoms with Crippen LogP contribution in [-0.4, -0.2) is 5.71 Å². The summed E-state index contributed by atoms with van der Waals surface area (Å²) in [6.07, 6.45) is 8.25. The van der Waals surface area contributed by atoms with E-state index < -0.39 is 0 Å². The molecule has 0 saturated carbocycles. The molecule has 0 heterocycles. The van der Waals surface area contributed by atoms with Gasteiger partial charge in [-0.25, -0.2) is 0 Å². The van der Waals surface area contributed by atoms with Crippen LogP contribution in [0.5, 0.6) is 0 Å². The van der Waals surface area contributed by atoms with Gasteiger partial charge < -0.3 is 5.41 Å². The molecule has 0 saturated heterocycles. The predicted octanol–water partition coefficient (Wildman–Crippen LogP) is 4.73. The fourth-order valence-corrected chi connectivity index (χ4v) is 2.06. The van der Waals surface area contributed by atoms with Crippen LogP contribution in [0.15, 0.2) is 42.5 Å². The second-order valence-electron chi connectivity index (χ2n) is 4.38. The lowest BCUT2D eigenvalue weighted by Crippen LogP contribution is -2.08. The Morgan fingerprint density at radius 3 is 2.65 bits per heavy atom. The van der Waals surface area contributed by atoms with Crippen molar-refractivity contribution in [3.05, 3.63) is 53.1 Å². The van der Waals surface area contributed by atoms with Gasteiger partial charge in [0.25, 0.3) is 0 Å². The monoisotopic (exact) mass is 245 g/mol. The van der Waals surface area contributed by atoms with Crippen LogP contribution in [0.25, 0.3) is 5.57 Å². The average molecular weight is 246 g/mol. The third kappa shape index (κ3) is 3.07. The molecule has 0 spiro atoms. The first-order valence-electron chi connectivity index (χ1n) is 5.88. The van der Waals surface area contributed by atoms with Gasteiger partial charge in [0, 0.05) is 16.7 Å². The van der Waals surface area contributed by atoms with Crippen LogP contribution in [0.1, 0.15) is 25.3 Å². The molecular weight excluding hydrogens is 230 g/mol. The van der Waals surface area contributed by atoms with E-state index in [0.717, 1.165) is 29.1 Å². The largest absolute Gasteiger partial charge is 0.309 e. The van der Waals surface area contributed by atoms with Gasteiger partial charge in [0.2, 0.25) is 0 Å². The first-order chi connectivity index (χ1) is 8.16. The van der Waals surface area contributed by atoms with E-state index in [1.54, 1.807) is 0 Å². The van der Waals surface area contributed by atoms with E-state index in [2.05, 4.69) is 25.2 Å². The molecular formula is C15H16ClN. The lowest BCUT2D eigenvalue weighted by Gasteiger charge is -2.13. The normalized spacial score (nSPS) is 23.8. The Morgan fingerprint density at radius 2 is 1.94 bits per heavy atom. The first-order valence-corrected chi connectivity index (χ1v) is 6.26. The smallest absolute Gasteiger partial charge is 0.0406 e. The zero-order chi connectivity index (χ0) is 12.3. The van der Waals surface area contributed by atoms with E-state index in [1.165, 1.54) is 5.57 Å². The van der Waals surface area contributed by atoms with Gasteiger partial charge >= 0.3 is 0 Å². The summed E-state index contributed by atoms with van der Waals surface area (Å²) in [4.78, 5) is 0. The van der Waals surface area contributed by atoms with Crippen molar-refractivity contribution in [1.29, 1.82) is 5.41 Å². The molecule has 1 aliphatic carbocycles. The number of hydrogen-bond donors (Lipinski definition) is 1. The second-order valence-corrected chi connectivity index (χ2v) is 4.82. The van der Waals surface area contributed by atoms with Gasteiger partial charge in [-0.15, -0.1) is 0 Å². The summed E-state index contributed by atoms with van der Waals surface area (Å²) in [6.45, 7) is 2.08. The third-order valence-electron chi connectivity index (χ3n) is 3.03. The highest BCUT2D eigenvalue weighted by Crippen LogP contribution is 2.23. The van der Waals surface area contributed by atoms with Gasteiger partial charge in [-0.1, -0.05) is 48.9 Å². The van der Waals surface area contributed by atoms with Crippen LogP contribution in [-0.2, 0) is 0 Å². The minimum atomic E-state index is 0.214.